The molecule has 1 rings (SSSR count). The average molecular weight is 209 g/mol. The van der Waals surface area contributed by atoms with E-state index in [9.17, 15) is 5.11 Å². The van der Waals surface area contributed by atoms with Crippen LogP contribution in [0, 0.1) is 12.8 Å². The second kappa shape index (κ2) is 5.14. The highest BCUT2D eigenvalue weighted by molar-refractivity contribution is 5.26. The molecule has 0 aliphatic rings. The molecule has 3 unspecified atom stereocenters. The number of hydrogen-bond donors (Lipinski definition) is 2. The molecule has 15 heavy (non-hydrogen) atoms. The number of aliphatic hydroxyl groups is 1. The van der Waals surface area contributed by atoms with Crippen molar-refractivity contribution < 1.29 is 9.84 Å². The number of hydrogen-bond acceptors (Lipinski definition) is 3. The van der Waals surface area contributed by atoms with Crippen molar-refractivity contribution in [2.24, 2.45) is 11.7 Å². The lowest BCUT2D eigenvalue weighted by Crippen LogP contribution is -2.37. The molecule has 0 aliphatic carbocycles. The standard InChI is InChI=1S/C12H19NO2/c1-8-4-6-11(7-5-8)15-10(3)9(2)12(13)14/h4-7,9-10,12,14H,13H2,1-3H3. The molecule has 0 saturated heterocycles. The summed E-state index contributed by atoms with van der Waals surface area (Å²) in [4.78, 5) is 0. The highest BCUT2D eigenvalue weighted by Gasteiger charge is 2.18. The third kappa shape index (κ3) is 3.53. The Kier molecular flexibility index (Phi) is 4.12. The van der Waals surface area contributed by atoms with Gasteiger partial charge in [-0.2, -0.15) is 0 Å². The molecule has 1 aromatic carbocycles. The second-order valence-corrected chi connectivity index (χ2v) is 3.99. The lowest BCUT2D eigenvalue weighted by Gasteiger charge is -2.23. The molecule has 0 bridgehead atoms. The first-order valence-corrected chi connectivity index (χ1v) is 5.17. The largest absolute Gasteiger partial charge is 0.490 e. The molecule has 1 aromatic rings. The first-order valence-electron chi connectivity index (χ1n) is 5.17. The van der Waals surface area contributed by atoms with Crippen molar-refractivity contribution in [1.29, 1.82) is 0 Å². The SMILES string of the molecule is Cc1ccc(OC(C)C(C)C(N)O)cc1. The van der Waals surface area contributed by atoms with Gasteiger partial charge in [0.05, 0.1) is 0 Å². The molecule has 0 saturated carbocycles. The van der Waals surface area contributed by atoms with Crippen LogP contribution in [0.2, 0.25) is 0 Å². The minimum absolute atomic E-state index is 0.0914. The molecule has 3 atom stereocenters. The minimum atomic E-state index is -0.842. The normalized spacial score (nSPS) is 16.9. The quantitative estimate of drug-likeness (QED) is 0.742. The zero-order valence-corrected chi connectivity index (χ0v) is 9.47. The molecule has 0 aliphatic heterocycles. The minimum Gasteiger partial charge on any atom is -0.490 e. The van der Waals surface area contributed by atoms with E-state index in [1.807, 2.05) is 45.0 Å². The first-order chi connectivity index (χ1) is 7.00. The molecule has 84 valence electrons. The van der Waals surface area contributed by atoms with E-state index in [2.05, 4.69) is 0 Å². The number of aliphatic hydroxyl groups excluding tert-OH is 1. The van der Waals surface area contributed by atoms with Crippen molar-refractivity contribution in [3.63, 3.8) is 0 Å². The number of nitrogens with two attached hydrogens (primary N) is 1. The fraction of sp³-hybridized carbons (Fsp3) is 0.500. The molecule has 3 N–H and O–H groups in total. The Morgan fingerprint density at radius 2 is 1.73 bits per heavy atom. The molecular weight excluding hydrogens is 190 g/mol. The van der Waals surface area contributed by atoms with Crippen LogP contribution in [-0.4, -0.2) is 17.4 Å². The summed E-state index contributed by atoms with van der Waals surface area (Å²) in [5.74, 6) is 0.715. The average Bonchev–Trinajstić information content (AvgIpc) is 2.20. The van der Waals surface area contributed by atoms with Crippen LogP contribution >= 0.6 is 0 Å². The Hall–Kier alpha value is -1.06. The number of benzene rings is 1. The predicted molar refractivity (Wildman–Crippen MR) is 60.6 cm³/mol. The van der Waals surface area contributed by atoms with Crippen LogP contribution in [0.3, 0.4) is 0 Å². The van der Waals surface area contributed by atoms with Gasteiger partial charge in [-0.3, -0.25) is 0 Å². The second-order valence-electron chi connectivity index (χ2n) is 3.99. The molecule has 3 nitrogen and oxygen atoms in total. The van der Waals surface area contributed by atoms with Gasteiger partial charge < -0.3 is 15.6 Å². The lowest BCUT2D eigenvalue weighted by atomic mass is 10.1. The van der Waals surface area contributed by atoms with Gasteiger partial charge in [0.1, 0.15) is 18.1 Å². The highest BCUT2D eigenvalue weighted by Crippen LogP contribution is 2.17. The summed E-state index contributed by atoms with van der Waals surface area (Å²) in [5.41, 5.74) is 6.59. The fourth-order valence-electron chi connectivity index (χ4n) is 1.22. The van der Waals surface area contributed by atoms with Crippen LogP contribution in [-0.2, 0) is 0 Å². The summed E-state index contributed by atoms with van der Waals surface area (Å²) in [6.07, 6.45) is -0.946. The number of rotatable bonds is 4. The van der Waals surface area contributed by atoms with Gasteiger partial charge in [0, 0.05) is 5.92 Å². The molecule has 0 aromatic heterocycles. The maximum absolute atomic E-state index is 9.21. The number of ether oxygens (including phenoxy) is 1. The van der Waals surface area contributed by atoms with Crippen LogP contribution in [0.1, 0.15) is 19.4 Å². The summed E-state index contributed by atoms with van der Waals surface area (Å²) in [6.45, 7) is 5.80. The summed E-state index contributed by atoms with van der Waals surface area (Å²) < 4.78 is 5.65. The van der Waals surface area contributed by atoms with Crippen molar-refractivity contribution in [2.75, 3.05) is 0 Å². The van der Waals surface area contributed by atoms with Gasteiger partial charge in [0.2, 0.25) is 0 Å². The van der Waals surface area contributed by atoms with Crippen molar-refractivity contribution in [2.45, 2.75) is 33.1 Å². The van der Waals surface area contributed by atoms with Crippen molar-refractivity contribution in [3.8, 4) is 5.75 Å². The van der Waals surface area contributed by atoms with E-state index in [1.165, 1.54) is 5.56 Å². The van der Waals surface area contributed by atoms with Crippen molar-refractivity contribution >= 4 is 0 Å². The summed E-state index contributed by atoms with van der Waals surface area (Å²) >= 11 is 0. The molecular formula is C12H19NO2. The van der Waals surface area contributed by atoms with E-state index >= 15 is 0 Å². The summed E-state index contributed by atoms with van der Waals surface area (Å²) in [6, 6.07) is 7.82. The smallest absolute Gasteiger partial charge is 0.119 e. The monoisotopic (exact) mass is 209 g/mol. The van der Waals surface area contributed by atoms with Gasteiger partial charge in [-0.05, 0) is 26.0 Å². The van der Waals surface area contributed by atoms with E-state index in [4.69, 9.17) is 10.5 Å². The Bertz CT molecular complexity index is 295. The Morgan fingerprint density at radius 1 is 1.20 bits per heavy atom. The lowest BCUT2D eigenvalue weighted by molar-refractivity contribution is 0.0480. The van der Waals surface area contributed by atoms with Crippen LogP contribution in [0.4, 0.5) is 0 Å². The van der Waals surface area contributed by atoms with E-state index in [1.54, 1.807) is 0 Å². The molecule has 0 heterocycles. The van der Waals surface area contributed by atoms with Crippen LogP contribution in [0.5, 0.6) is 5.75 Å². The van der Waals surface area contributed by atoms with E-state index < -0.39 is 6.23 Å². The Balaban J connectivity index is 2.58. The van der Waals surface area contributed by atoms with Gasteiger partial charge in [-0.1, -0.05) is 24.6 Å². The maximum Gasteiger partial charge on any atom is 0.119 e. The highest BCUT2D eigenvalue weighted by atomic mass is 16.5. The topological polar surface area (TPSA) is 55.5 Å². The zero-order valence-electron chi connectivity index (χ0n) is 9.47. The van der Waals surface area contributed by atoms with Gasteiger partial charge in [-0.25, -0.2) is 0 Å². The van der Waals surface area contributed by atoms with Crippen LogP contribution in [0.15, 0.2) is 24.3 Å². The van der Waals surface area contributed by atoms with Crippen molar-refractivity contribution in [1.82, 2.24) is 0 Å². The van der Waals surface area contributed by atoms with Gasteiger partial charge >= 0.3 is 0 Å². The molecule has 0 amide bonds. The maximum atomic E-state index is 9.21. The Morgan fingerprint density at radius 3 is 2.20 bits per heavy atom. The fourth-order valence-corrected chi connectivity index (χ4v) is 1.22. The molecule has 3 heteroatoms. The summed E-state index contributed by atoms with van der Waals surface area (Å²) in [7, 11) is 0. The zero-order chi connectivity index (χ0) is 11.4. The van der Waals surface area contributed by atoms with Gasteiger partial charge in [0.15, 0.2) is 0 Å². The predicted octanol–water partition coefficient (Wildman–Crippen LogP) is 1.68. The Labute approximate surface area is 90.9 Å². The van der Waals surface area contributed by atoms with Crippen molar-refractivity contribution in [3.05, 3.63) is 29.8 Å². The van der Waals surface area contributed by atoms with E-state index in [0.29, 0.717) is 0 Å². The van der Waals surface area contributed by atoms with Gasteiger partial charge in [-0.15, -0.1) is 0 Å². The summed E-state index contributed by atoms with van der Waals surface area (Å²) in [5, 5.41) is 9.21. The molecule has 0 spiro atoms. The molecule has 0 radical (unpaired) electrons. The third-order valence-corrected chi connectivity index (χ3v) is 2.62. The van der Waals surface area contributed by atoms with Gasteiger partial charge in [0.25, 0.3) is 0 Å². The van der Waals surface area contributed by atoms with Crippen LogP contribution < -0.4 is 10.5 Å². The van der Waals surface area contributed by atoms with E-state index in [-0.39, 0.29) is 12.0 Å². The first kappa shape index (κ1) is 12.0. The third-order valence-electron chi connectivity index (χ3n) is 2.62. The molecule has 0 fully saturated rings. The van der Waals surface area contributed by atoms with Crippen LogP contribution in [0.25, 0.3) is 0 Å². The van der Waals surface area contributed by atoms with E-state index in [0.717, 1.165) is 5.75 Å². The number of aryl methyl sites for hydroxylation is 1.